The van der Waals surface area contributed by atoms with Crippen LogP contribution in [0.4, 0.5) is 5.69 Å². The molecule has 1 aliphatic rings. The minimum atomic E-state index is -0.946. The van der Waals surface area contributed by atoms with E-state index in [4.69, 9.17) is 22.6 Å². The van der Waals surface area contributed by atoms with Crippen LogP contribution in [0.25, 0.3) is 0 Å². The lowest BCUT2D eigenvalue weighted by atomic mass is 9.91. The van der Waals surface area contributed by atoms with Gasteiger partial charge < -0.3 is 11.1 Å². The van der Waals surface area contributed by atoms with Crippen molar-refractivity contribution in [3.63, 3.8) is 0 Å². The number of aliphatic imine (C=N–C) groups is 1. The number of aromatic nitrogens is 2. The number of rotatable bonds is 3. The van der Waals surface area contributed by atoms with E-state index in [1.807, 2.05) is 6.07 Å². The Morgan fingerprint density at radius 1 is 1.43 bits per heavy atom. The summed E-state index contributed by atoms with van der Waals surface area (Å²) in [5, 5.41) is 11.6. The molecule has 2 amide bonds. The Kier molecular flexibility index (Phi) is 4.98. The van der Waals surface area contributed by atoms with Gasteiger partial charge in [0.05, 0.1) is 22.7 Å². The lowest BCUT2D eigenvalue weighted by Gasteiger charge is -2.32. The van der Waals surface area contributed by atoms with Crippen LogP contribution in [0.15, 0.2) is 35.6 Å². The molecule has 0 aliphatic carbocycles. The van der Waals surface area contributed by atoms with Crippen LogP contribution in [0.3, 0.4) is 0 Å². The maximum atomic E-state index is 12.5. The first-order valence-electron chi connectivity index (χ1n) is 8.19. The average molecular weight is 398 g/mol. The van der Waals surface area contributed by atoms with Gasteiger partial charge in [0.15, 0.2) is 5.96 Å². The quantitative estimate of drug-likeness (QED) is 0.807. The largest absolute Gasteiger partial charge is 0.369 e. The van der Waals surface area contributed by atoms with E-state index in [9.17, 15) is 9.59 Å². The summed E-state index contributed by atoms with van der Waals surface area (Å²) in [5.41, 5.74) is 6.03. The number of hydrogen-bond donors (Lipinski definition) is 2. The van der Waals surface area contributed by atoms with Crippen molar-refractivity contribution in [3.8, 4) is 6.07 Å². The molecule has 1 atom stereocenters. The fourth-order valence-corrected chi connectivity index (χ4v) is 2.97. The topological polar surface area (TPSA) is 137 Å². The van der Waals surface area contributed by atoms with Crippen LogP contribution >= 0.6 is 11.6 Å². The van der Waals surface area contributed by atoms with Crippen molar-refractivity contribution in [1.29, 1.82) is 5.26 Å². The molecular formula is C18H16ClN7O2. The second-order valence-electron chi connectivity index (χ2n) is 6.42. The van der Waals surface area contributed by atoms with E-state index in [0.717, 1.165) is 0 Å². The molecule has 3 heterocycles. The predicted molar refractivity (Wildman–Crippen MR) is 103 cm³/mol. The molecule has 142 valence electrons. The molecule has 3 N–H and O–H groups in total. The third kappa shape index (κ3) is 3.63. The summed E-state index contributed by atoms with van der Waals surface area (Å²) in [6.07, 6.45) is 2.86. The van der Waals surface area contributed by atoms with E-state index in [1.165, 1.54) is 23.4 Å². The fraction of sp³-hybridized carbons (Fsp3) is 0.222. The number of pyridine rings is 2. The lowest BCUT2D eigenvalue weighted by Crippen LogP contribution is -2.47. The number of carbonyl (C=O) groups is 2. The average Bonchev–Trinajstić information content (AvgIpc) is 2.66. The number of carbonyl (C=O) groups excluding carboxylic acids is 2. The highest BCUT2D eigenvalue weighted by molar-refractivity contribution is 6.34. The maximum absolute atomic E-state index is 12.5. The van der Waals surface area contributed by atoms with E-state index >= 15 is 0 Å². The molecule has 3 rings (SSSR count). The monoisotopic (exact) mass is 397 g/mol. The van der Waals surface area contributed by atoms with E-state index in [-0.39, 0.29) is 34.6 Å². The van der Waals surface area contributed by atoms with Crippen molar-refractivity contribution >= 4 is 35.1 Å². The molecule has 0 aromatic carbocycles. The van der Waals surface area contributed by atoms with Gasteiger partial charge in [0.2, 0.25) is 5.91 Å². The van der Waals surface area contributed by atoms with Gasteiger partial charge in [-0.15, -0.1) is 0 Å². The van der Waals surface area contributed by atoms with Gasteiger partial charge in [0.25, 0.3) is 5.91 Å². The van der Waals surface area contributed by atoms with Crippen molar-refractivity contribution in [3.05, 3.63) is 52.6 Å². The molecule has 9 nitrogen and oxygen atoms in total. The number of hydrogen-bond acceptors (Lipinski definition) is 7. The van der Waals surface area contributed by atoms with Crippen molar-refractivity contribution < 1.29 is 9.59 Å². The molecule has 1 unspecified atom stereocenters. The number of amides is 2. The lowest BCUT2D eigenvalue weighted by molar-refractivity contribution is -0.128. The molecule has 0 bridgehead atoms. The fourth-order valence-electron chi connectivity index (χ4n) is 2.72. The molecule has 28 heavy (non-hydrogen) atoms. The van der Waals surface area contributed by atoms with Crippen LogP contribution in [0, 0.1) is 11.3 Å². The van der Waals surface area contributed by atoms with Crippen LogP contribution in [-0.4, -0.2) is 39.7 Å². The molecular weight excluding hydrogens is 382 g/mol. The highest BCUT2D eigenvalue weighted by atomic mass is 35.5. The smallest absolute Gasteiger partial charge is 0.275 e. The Balaban J connectivity index is 1.87. The summed E-state index contributed by atoms with van der Waals surface area (Å²) in [6.45, 7) is 1.75. The second-order valence-corrected chi connectivity index (χ2v) is 6.83. The van der Waals surface area contributed by atoms with Crippen LogP contribution in [0.2, 0.25) is 5.02 Å². The summed E-state index contributed by atoms with van der Waals surface area (Å²) in [4.78, 5) is 38.5. The zero-order chi connectivity index (χ0) is 20.5. The number of nitrogens with zero attached hydrogens (tertiary/aromatic N) is 5. The SMILES string of the molecule is CN1C(=O)CC(C)(c2cc(NC(=O)c3ncc(C#N)cc3Cl)ccn2)N=C1N. The molecule has 0 saturated heterocycles. The molecule has 2 aromatic rings. The van der Waals surface area contributed by atoms with Gasteiger partial charge in [0.1, 0.15) is 17.3 Å². The molecule has 1 aliphatic heterocycles. The summed E-state index contributed by atoms with van der Waals surface area (Å²) in [6, 6.07) is 6.47. The molecule has 0 radical (unpaired) electrons. The Labute approximate surface area is 165 Å². The zero-order valence-electron chi connectivity index (χ0n) is 15.1. The maximum Gasteiger partial charge on any atom is 0.275 e. The normalized spacial score (nSPS) is 19.0. The Hall–Kier alpha value is -3.51. The van der Waals surface area contributed by atoms with Crippen molar-refractivity contribution in [2.24, 2.45) is 10.7 Å². The van der Waals surface area contributed by atoms with Gasteiger partial charge in [-0.2, -0.15) is 5.26 Å². The summed E-state index contributed by atoms with van der Waals surface area (Å²) in [7, 11) is 1.55. The first-order chi connectivity index (χ1) is 13.2. The van der Waals surface area contributed by atoms with E-state index in [2.05, 4.69) is 20.3 Å². The zero-order valence-corrected chi connectivity index (χ0v) is 15.9. The first-order valence-corrected chi connectivity index (χ1v) is 8.57. The van der Waals surface area contributed by atoms with Gasteiger partial charge in [-0.1, -0.05) is 11.6 Å². The van der Waals surface area contributed by atoms with Gasteiger partial charge >= 0.3 is 0 Å². The van der Waals surface area contributed by atoms with Crippen LogP contribution < -0.4 is 11.1 Å². The predicted octanol–water partition coefficient (Wildman–Crippen LogP) is 1.65. The molecule has 10 heteroatoms. The van der Waals surface area contributed by atoms with E-state index in [0.29, 0.717) is 11.4 Å². The van der Waals surface area contributed by atoms with Crippen LogP contribution in [0.1, 0.15) is 35.1 Å². The third-order valence-corrected chi connectivity index (χ3v) is 4.62. The minimum Gasteiger partial charge on any atom is -0.369 e. The Bertz CT molecular complexity index is 1050. The highest BCUT2D eigenvalue weighted by Crippen LogP contribution is 2.32. The Morgan fingerprint density at radius 2 is 2.18 bits per heavy atom. The Morgan fingerprint density at radius 3 is 2.82 bits per heavy atom. The van der Waals surface area contributed by atoms with Crippen molar-refractivity contribution in [2.75, 3.05) is 12.4 Å². The number of nitrogens with one attached hydrogen (secondary N) is 1. The number of guanidine groups is 1. The number of nitrogens with two attached hydrogens (primary N) is 1. The van der Waals surface area contributed by atoms with E-state index < -0.39 is 11.4 Å². The minimum absolute atomic E-state index is 0.0121. The molecule has 0 spiro atoms. The number of anilines is 1. The summed E-state index contributed by atoms with van der Waals surface area (Å²) >= 11 is 6.03. The van der Waals surface area contributed by atoms with Gasteiger partial charge in [-0.05, 0) is 25.1 Å². The first kappa shape index (κ1) is 19.3. The number of halogens is 1. The third-order valence-electron chi connectivity index (χ3n) is 4.33. The standard InChI is InChI=1S/C18H16ClN7O2/c1-18(7-14(27)26(2)17(21)25-18)13-6-11(3-4-22-13)24-16(28)15-12(19)5-10(8-20)9-23-15/h3-6,9H,7H2,1-2H3,(H2,21,25)(H,22,24,28). The highest BCUT2D eigenvalue weighted by Gasteiger charge is 2.37. The van der Waals surface area contributed by atoms with Crippen molar-refractivity contribution in [2.45, 2.75) is 18.9 Å². The molecule has 0 fully saturated rings. The van der Waals surface area contributed by atoms with Crippen LogP contribution in [-0.2, 0) is 10.3 Å². The van der Waals surface area contributed by atoms with Crippen molar-refractivity contribution in [1.82, 2.24) is 14.9 Å². The van der Waals surface area contributed by atoms with Gasteiger partial charge in [-0.25, -0.2) is 9.98 Å². The summed E-state index contributed by atoms with van der Waals surface area (Å²) in [5.74, 6) is -0.623. The van der Waals surface area contributed by atoms with Crippen LogP contribution in [0.5, 0.6) is 0 Å². The van der Waals surface area contributed by atoms with E-state index in [1.54, 1.807) is 26.1 Å². The molecule has 2 aromatic heterocycles. The molecule has 0 saturated carbocycles. The van der Waals surface area contributed by atoms with Gasteiger partial charge in [0, 0.05) is 25.1 Å². The summed E-state index contributed by atoms with van der Waals surface area (Å²) < 4.78 is 0. The second kappa shape index (κ2) is 7.25. The number of nitriles is 1. The van der Waals surface area contributed by atoms with Gasteiger partial charge in [-0.3, -0.25) is 19.5 Å².